The number of ether oxygens (including phenoxy) is 1. The number of hydrogen-bond acceptors (Lipinski definition) is 4. The van der Waals surface area contributed by atoms with Crippen LogP contribution in [0.1, 0.15) is 19.5 Å². The van der Waals surface area contributed by atoms with Crippen LogP contribution >= 0.6 is 0 Å². The van der Waals surface area contributed by atoms with Crippen LogP contribution in [0.2, 0.25) is 0 Å². The van der Waals surface area contributed by atoms with Crippen LogP contribution in [-0.4, -0.2) is 30.0 Å². The fourth-order valence-electron chi connectivity index (χ4n) is 2.69. The van der Waals surface area contributed by atoms with Crippen molar-refractivity contribution >= 4 is 0 Å². The Hall–Kier alpha value is -1.72. The van der Waals surface area contributed by atoms with E-state index in [1.807, 2.05) is 6.07 Å². The van der Waals surface area contributed by atoms with Gasteiger partial charge in [-0.2, -0.15) is 0 Å². The fraction of sp³-hybridized carbons (Fsp3) is 0.438. The highest BCUT2D eigenvalue weighted by Crippen LogP contribution is 2.26. The highest BCUT2D eigenvalue weighted by Gasteiger charge is 2.39. The molecule has 0 radical (unpaired) electrons. The van der Waals surface area contributed by atoms with Crippen molar-refractivity contribution in [3.63, 3.8) is 0 Å². The molecule has 112 valence electrons. The zero-order chi connectivity index (χ0) is 14.9. The van der Waals surface area contributed by atoms with Gasteiger partial charge in [0.05, 0.1) is 24.4 Å². The molecule has 21 heavy (non-hydrogen) atoms. The van der Waals surface area contributed by atoms with Gasteiger partial charge in [0.2, 0.25) is 0 Å². The monoisotopic (exact) mass is 290 g/mol. The summed E-state index contributed by atoms with van der Waals surface area (Å²) in [5.41, 5.74) is 1.65. The lowest BCUT2D eigenvalue weighted by Gasteiger charge is -2.43. The maximum Gasteiger partial charge on any atom is 0.167 e. The van der Waals surface area contributed by atoms with Crippen LogP contribution in [0.15, 0.2) is 34.9 Å². The molecule has 3 rings (SSSR count). The molecule has 1 saturated heterocycles. The molecule has 1 N–H and O–H groups in total. The third kappa shape index (κ3) is 3.14. The second-order valence-electron chi connectivity index (χ2n) is 5.94. The summed E-state index contributed by atoms with van der Waals surface area (Å²) in [6.45, 7) is 5.60. The number of benzene rings is 1. The van der Waals surface area contributed by atoms with Crippen LogP contribution in [0, 0.1) is 5.82 Å². The Kier molecular flexibility index (Phi) is 3.78. The lowest BCUT2D eigenvalue weighted by atomic mass is 9.90. The number of hydrogen-bond donors (Lipinski definition) is 1. The van der Waals surface area contributed by atoms with Gasteiger partial charge in [-0.25, -0.2) is 4.39 Å². The maximum atomic E-state index is 12.9. The lowest BCUT2D eigenvalue weighted by molar-refractivity contribution is -0.0781. The highest BCUT2D eigenvalue weighted by atomic mass is 19.1. The summed E-state index contributed by atoms with van der Waals surface area (Å²) in [7, 11) is 0. The summed E-state index contributed by atoms with van der Waals surface area (Å²) < 4.78 is 23.7. The van der Waals surface area contributed by atoms with E-state index in [2.05, 4.69) is 24.3 Å². The summed E-state index contributed by atoms with van der Waals surface area (Å²) in [6.07, 6.45) is 0.760. The molecular weight excluding hydrogens is 271 g/mol. The van der Waals surface area contributed by atoms with Gasteiger partial charge < -0.3 is 14.6 Å². The molecule has 1 aromatic heterocycles. The fourth-order valence-corrected chi connectivity index (χ4v) is 2.69. The van der Waals surface area contributed by atoms with Crippen molar-refractivity contribution in [3.8, 4) is 11.3 Å². The lowest BCUT2D eigenvalue weighted by Crippen LogP contribution is -2.63. The molecule has 0 bridgehead atoms. The smallest absolute Gasteiger partial charge is 0.167 e. The van der Waals surface area contributed by atoms with Crippen LogP contribution in [0.3, 0.4) is 0 Å². The Bertz CT molecular complexity index is 603. The minimum absolute atomic E-state index is 0.0505. The molecule has 0 saturated carbocycles. The first kappa shape index (κ1) is 14.2. The third-order valence-electron chi connectivity index (χ3n) is 3.56. The predicted octanol–water partition coefficient (Wildman–Crippen LogP) is 2.79. The Morgan fingerprint density at radius 1 is 1.29 bits per heavy atom. The molecule has 1 aliphatic rings. The van der Waals surface area contributed by atoms with Gasteiger partial charge in [-0.15, -0.1) is 0 Å². The van der Waals surface area contributed by atoms with Crippen molar-refractivity contribution in [1.82, 2.24) is 10.5 Å². The van der Waals surface area contributed by atoms with Gasteiger partial charge in [-0.05, 0) is 24.3 Å². The largest absolute Gasteiger partial charge is 0.377 e. The second kappa shape index (κ2) is 5.58. The predicted molar refractivity (Wildman–Crippen MR) is 77.4 cm³/mol. The van der Waals surface area contributed by atoms with Crippen LogP contribution in [0.5, 0.6) is 0 Å². The van der Waals surface area contributed by atoms with Gasteiger partial charge >= 0.3 is 0 Å². The van der Waals surface area contributed by atoms with Crippen molar-refractivity contribution in [3.05, 3.63) is 41.8 Å². The SMILES string of the molecule is CC(C)NC1(Cc2cc(-c3ccc(F)cc3)on2)COC1. The van der Waals surface area contributed by atoms with Crippen molar-refractivity contribution in [2.75, 3.05) is 13.2 Å². The highest BCUT2D eigenvalue weighted by molar-refractivity contribution is 5.57. The van der Waals surface area contributed by atoms with Crippen molar-refractivity contribution in [2.24, 2.45) is 0 Å². The van der Waals surface area contributed by atoms with Gasteiger partial charge in [0, 0.05) is 24.1 Å². The zero-order valence-corrected chi connectivity index (χ0v) is 12.2. The average Bonchev–Trinajstić information content (AvgIpc) is 2.85. The second-order valence-corrected chi connectivity index (χ2v) is 5.94. The Labute approximate surface area is 123 Å². The van der Waals surface area contributed by atoms with E-state index < -0.39 is 0 Å². The minimum atomic E-state index is -0.259. The number of halogens is 1. The summed E-state index contributed by atoms with van der Waals surface area (Å²) in [6, 6.07) is 8.51. The van der Waals surface area contributed by atoms with Crippen LogP contribution in [-0.2, 0) is 11.2 Å². The first-order chi connectivity index (χ1) is 10.1. The summed E-state index contributed by atoms with van der Waals surface area (Å²) in [4.78, 5) is 0. The van der Waals surface area contributed by atoms with E-state index in [9.17, 15) is 4.39 Å². The van der Waals surface area contributed by atoms with Gasteiger partial charge in [0.25, 0.3) is 0 Å². The zero-order valence-electron chi connectivity index (χ0n) is 12.2. The summed E-state index contributed by atoms with van der Waals surface area (Å²) in [5, 5.41) is 7.67. The normalized spacial score (nSPS) is 17.0. The Balaban J connectivity index is 1.74. The molecule has 0 unspecified atom stereocenters. The average molecular weight is 290 g/mol. The van der Waals surface area contributed by atoms with Crippen LogP contribution < -0.4 is 5.32 Å². The van der Waals surface area contributed by atoms with E-state index in [0.29, 0.717) is 25.0 Å². The van der Waals surface area contributed by atoms with Gasteiger partial charge in [0.1, 0.15) is 5.82 Å². The molecule has 0 amide bonds. The first-order valence-corrected chi connectivity index (χ1v) is 7.13. The Morgan fingerprint density at radius 3 is 2.57 bits per heavy atom. The van der Waals surface area contributed by atoms with E-state index in [-0.39, 0.29) is 11.4 Å². The Morgan fingerprint density at radius 2 is 2.00 bits per heavy atom. The van der Waals surface area contributed by atoms with Gasteiger partial charge in [-0.3, -0.25) is 0 Å². The molecule has 2 aromatic rings. The molecule has 0 spiro atoms. The molecule has 0 atom stereocenters. The summed E-state index contributed by atoms with van der Waals surface area (Å²) >= 11 is 0. The topological polar surface area (TPSA) is 47.3 Å². The van der Waals surface area contributed by atoms with E-state index >= 15 is 0 Å². The van der Waals surface area contributed by atoms with E-state index in [0.717, 1.165) is 17.7 Å². The van der Waals surface area contributed by atoms with E-state index in [4.69, 9.17) is 9.26 Å². The molecule has 1 aromatic carbocycles. The van der Waals surface area contributed by atoms with Crippen LogP contribution in [0.4, 0.5) is 4.39 Å². The minimum Gasteiger partial charge on any atom is -0.377 e. The number of nitrogens with zero attached hydrogens (tertiary/aromatic N) is 1. The van der Waals surface area contributed by atoms with Gasteiger partial charge in [-0.1, -0.05) is 19.0 Å². The van der Waals surface area contributed by atoms with E-state index in [1.165, 1.54) is 12.1 Å². The molecule has 5 heteroatoms. The molecule has 2 heterocycles. The number of nitrogens with one attached hydrogen (secondary N) is 1. The quantitative estimate of drug-likeness (QED) is 0.920. The molecule has 4 nitrogen and oxygen atoms in total. The third-order valence-corrected chi connectivity index (χ3v) is 3.56. The molecule has 0 aliphatic carbocycles. The molecule has 1 aliphatic heterocycles. The van der Waals surface area contributed by atoms with Crippen molar-refractivity contribution in [1.29, 1.82) is 0 Å². The first-order valence-electron chi connectivity index (χ1n) is 7.13. The molecule has 1 fully saturated rings. The van der Waals surface area contributed by atoms with Crippen molar-refractivity contribution < 1.29 is 13.7 Å². The van der Waals surface area contributed by atoms with Crippen LogP contribution in [0.25, 0.3) is 11.3 Å². The molecular formula is C16H19FN2O2. The number of rotatable bonds is 5. The number of aromatic nitrogens is 1. The maximum absolute atomic E-state index is 12.9. The van der Waals surface area contributed by atoms with E-state index in [1.54, 1.807) is 12.1 Å². The standard InChI is InChI=1S/C16H19FN2O2/c1-11(2)18-16(9-20-10-16)8-14-7-15(21-19-14)12-3-5-13(17)6-4-12/h3-7,11,18H,8-10H2,1-2H3. The van der Waals surface area contributed by atoms with Crippen molar-refractivity contribution in [2.45, 2.75) is 31.8 Å². The summed E-state index contributed by atoms with van der Waals surface area (Å²) in [5.74, 6) is 0.398. The van der Waals surface area contributed by atoms with Gasteiger partial charge in [0.15, 0.2) is 5.76 Å².